The summed E-state index contributed by atoms with van der Waals surface area (Å²) < 4.78 is 7.27. The van der Waals surface area contributed by atoms with Crippen molar-refractivity contribution in [2.75, 3.05) is 6.54 Å². The summed E-state index contributed by atoms with van der Waals surface area (Å²) in [5, 5.41) is 11.7. The Hall–Kier alpha value is -3.39. The molecule has 0 saturated carbocycles. The molecule has 0 unspecified atom stereocenters. The van der Waals surface area contributed by atoms with Gasteiger partial charge in [-0.2, -0.15) is 0 Å². The second kappa shape index (κ2) is 9.46. The molecule has 34 heavy (non-hydrogen) atoms. The molecular weight excluding hydrogens is 454 g/mol. The minimum Gasteiger partial charge on any atom is -0.444 e. The van der Waals surface area contributed by atoms with Crippen LogP contribution in [0.2, 0.25) is 5.02 Å². The van der Waals surface area contributed by atoms with Gasteiger partial charge >= 0.3 is 6.09 Å². The number of carbonyl (C=O) groups excluding carboxylic acids is 2. The van der Waals surface area contributed by atoms with Crippen molar-refractivity contribution in [1.29, 1.82) is 0 Å². The molecule has 4 rings (SSSR count). The van der Waals surface area contributed by atoms with Crippen molar-refractivity contribution in [3.05, 3.63) is 64.2 Å². The predicted molar refractivity (Wildman–Crippen MR) is 131 cm³/mol. The second-order valence-corrected chi connectivity index (χ2v) is 9.88. The standard InChI is InChI=1S/C25H28ClN5O3/c1-25(2,3)34-24(33)31-15-18(10-16-6-5-7-19(26)11-16)13-22(31)23(32)27-14-17-8-9-21-20(12-17)28-29-30(21)4/h5-12,22H,13-15H2,1-4H3,(H,27,32)/b18-10+/t22-/m0/s1. The van der Waals surface area contributed by atoms with Gasteiger partial charge in [-0.3, -0.25) is 9.69 Å². The number of hydrogen-bond acceptors (Lipinski definition) is 5. The van der Waals surface area contributed by atoms with Crippen LogP contribution >= 0.6 is 11.6 Å². The van der Waals surface area contributed by atoms with Crippen LogP contribution in [0.5, 0.6) is 0 Å². The highest BCUT2D eigenvalue weighted by Crippen LogP contribution is 2.27. The monoisotopic (exact) mass is 481 g/mol. The summed E-state index contributed by atoms with van der Waals surface area (Å²) >= 11 is 6.11. The third-order valence-corrected chi connectivity index (χ3v) is 5.73. The minimum atomic E-state index is -0.666. The van der Waals surface area contributed by atoms with Crippen molar-refractivity contribution >= 4 is 40.7 Å². The van der Waals surface area contributed by atoms with E-state index in [0.717, 1.165) is 27.7 Å². The molecule has 1 saturated heterocycles. The fourth-order valence-electron chi connectivity index (χ4n) is 3.94. The number of amides is 2. The van der Waals surface area contributed by atoms with Crippen LogP contribution in [0, 0.1) is 0 Å². The molecule has 1 aromatic heterocycles. The zero-order valence-electron chi connectivity index (χ0n) is 19.7. The lowest BCUT2D eigenvalue weighted by Gasteiger charge is -2.27. The summed E-state index contributed by atoms with van der Waals surface area (Å²) in [4.78, 5) is 27.6. The summed E-state index contributed by atoms with van der Waals surface area (Å²) in [6.07, 6.45) is 1.88. The molecule has 0 aliphatic carbocycles. The summed E-state index contributed by atoms with van der Waals surface area (Å²) in [7, 11) is 1.83. The van der Waals surface area contributed by atoms with E-state index < -0.39 is 17.7 Å². The lowest BCUT2D eigenvalue weighted by molar-refractivity contribution is -0.125. The van der Waals surface area contributed by atoms with E-state index in [1.807, 2.05) is 49.5 Å². The first kappa shape index (κ1) is 23.8. The smallest absolute Gasteiger partial charge is 0.411 e. The second-order valence-electron chi connectivity index (χ2n) is 9.44. The molecule has 0 spiro atoms. The van der Waals surface area contributed by atoms with Crippen molar-refractivity contribution in [3.8, 4) is 0 Å². The van der Waals surface area contributed by atoms with Crippen LogP contribution < -0.4 is 5.32 Å². The van der Waals surface area contributed by atoms with Gasteiger partial charge in [0.05, 0.1) is 5.52 Å². The molecule has 0 radical (unpaired) electrons. The number of carbonyl (C=O) groups is 2. The number of likely N-dealkylation sites (tertiary alicyclic amines) is 1. The van der Waals surface area contributed by atoms with Crippen molar-refractivity contribution < 1.29 is 14.3 Å². The van der Waals surface area contributed by atoms with Crippen LogP contribution in [0.25, 0.3) is 17.1 Å². The minimum absolute atomic E-state index is 0.236. The number of hydrogen-bond donors (Lipinski definition) is 1. The Labute approximate surface area is 203 Å². The van der Waals surface area contributed by atoms with Crippen molar-refractivity contribution in [2.24, 2.45) is 7.05 Å². The van der Waals surface area contributed by atoms with Crippen molar-refractivity contribution in [2.45, 2.75) is 45.4 Å². The van der Waals surface area contributed by atoms with Gasteiger partial charge in [0.2, 0.25) is 5.91 Å². The van der Waals surface area contributed by atoms with E-state index in [9.17, 15) is 9.59 Å². The molecule has 3 aromatic rings. The number of halogens is 1. The average Bonchev–Trinajstić information content (AvgIpc) is 3.34. The Morgan fingerprint density at radius 2 is 2.03 bits per heavy atom. The number of ether oxygens (including phenoxy) is 1. The van der Waals surface area contributed by atoms with E-state index in [4.69, 9.17) is 16.3 Å². The van der Waals surface area contributed by atoms with Crippen LogP contribution in [0.4, 0.5) is 4.79 Å². The largest absolute Gasteiger partial charge is 0.444 e. The summed E-state index contributed by atoms with van der Waals surface area (Å²) in [6.45, 7) is 6.05. The van der Waals surface area contributed by atoms with Crippen LogP contribution in [-0.4, -0.2) is 50.1 Å². The summed E-state index contributed by atoms with van der Waals surface area (Å²) in [5.74, 6) is -0.236. The predicted octanol–water partition coefficient (Wildman–Crippen LogP) is 4.33. The van der Waals surface area contributed by atoms with Crippen LogP contribution in [0.15, 0.2) is 48.0 Å². The lowest BCUT2D eigenvalue weighted by atomic mass is 10.1. The maximum Gasteiger partial charge on any atom is 0.411 e. The van der Waals surface area contributed by atoms with Gasteiger partial charge in [0.25, 0.3) is 0 Å². The summed E-state index contributed by atoms with van der Waals surface area (Å²) in [5.41, 5.74) is 3.79. The van der Waals surface area contributed by atoms with Gasteiger partial charge in [-0.1, -0.05) is 41.1 Å². The van der Waals surface area contributed by atoms with Gasteiger partial charge < -0.3 is 10.1 Å². The van der Waals surface area contributed by atoms with Crippen molar-refractivity contribution in [1.82, 2.24) is 25.2 Å². The fraction of sp³-hybridized carbons (Fsp3) is 0.360. The van der Waals surface area contributed by atoms with E-state index in [1.165, 1.54) is 4.90 Å². The molecule has 1 aliphatic heterocycles. The highest BCUT2D eigenvalue weighted by Gasteiger charge is 2.38. The quantitative estimate of drug-likeness (QED) is 0.599. The van der Waals surface area contributed by atoms with Gasteiger partial charge in [-0.25, -0.2) is 9.48 Å². The third kappa shape index (κ3) is 5.56. The Bertz CT molecular complexity index is 1260. The Morgan fingerprint density at radius 1 is 1.24 bits per heavy atom. The Balaban J connectivity index is 1.51. The molecule has 1 atom stereocenters. The summed E-state index contributed by atoms with van der Waals surface area (Å²) in [6, 6.07) is 12.5. The molecule has 8 nitrogen and oxygen atoms in total. The van der Waals surface area contributed by atoms with Gasteiger partial charge in [-0.05, 0) is 68.2 Å². The van der Waals surface area contributed by atoms with Crippen molar-refractivity contribution in [3.63, 3.8) is 0 Å². The molecule has 2 heterocycles. The number of nitrogens with one attached hydrogen (secondary N) is 1. The van der Waals surface area contributed by atoms with E-state index in [2.05, 4.69) is 15.6 Å². The fourth-order valence-corrected chi connectivity index (χ4v) is 4.14. The zero-order chi connectivity index (χ0) is 24.5. The molecule has 1 aliphatic rings. The molecule has 9 heteroatoms. The molecule has 0 bridgehead atoms. The number of nitrogens with zero attached hydrogens (tertiary/aromatic N) is 4. The topological polar surface area (TPSA) is 89.4 Å². The molecule has 1 N–H and O–H groups in total. The lowest BCUT2D eigenvalue weighted by Crippen LogP contribution is -2.47. The number of fused-ring (bicyclic) bond motifs is 1. The van der Waals surface area contributed by atoms with Crippen LogP contribution in [0.3, 0.4) is 0 Å². The van der Waals surface area contributed by atoms with E-state index in [-0.39, 0.29) is 5.91 Å². The van der Waals surface area contributed by atoms with E-state index in [0.29, 0.717) is 24.5 Å². The first-order chi connectivity index (χ1) is 16.1. The van der Waals surface area contributed by atoms with Gasteiger partial charge in [0.1, 0.15) is 17.2 Å². The van der Waals surface area contributed by atoms with Gasteiger partial charge in [-0.15, -0.1) is 5.10 Å². The number of benzene rings is 2. The third-order valence-electron chi connectivity index (χ3n) is 5.50. The van der Waals surface area contributed by atoms with Gasteiger partial charge in [0.15, 0.2) is 0 Å². The highest BCUT2D eigenvalue weighted by atomic mass is 35.5. The van der Waals surface area contributed by atoms with Gasteiger partial charge in [0, 0.05) is 25.2 Å². The zero-order valence-corrected chi connectivity index (χ0v) is 20.5. The maximum absolute atomic E-state index is 13.2. The molecule has 178 valence electrons. The first-order valence-electron chi connectivity index (χ1n) is 11.1. The number of aryl methyl sites for hydroxylation is 1. The Kier molecular flexibility index (Phi) is 6.61. The molecule has 2 amide bonds. The normalized spacial score (nSPS) is 17.4. The SMILES string of the molecule is Cn1nnc2cc(CNC(=O)[C@@H]3C/C(=C\c4cccc(Cl)c4)CN3C(=O)OC(C)(C)C)ccc21. The molecule has 1 fully saturated rings. The highest BCUT2D eigenvalue weighted by molar-refractivity contribution is 6.30. The average molecular weight is 482 g/mol. The molecular formula is C25H28ClN5O3. The van der Waals surface area contributed by atoms with Crippen LogP contribution in [-0.2, 0) is 23.1 Å². The van der Waals surface area contributed by atoms with E-state index >= 15 is 0 Å². The first-order valence-corrected chi connectivity index (χ1v) is 11.5. The Morgan fingerprint density at radius 3 is 2.76 bits per heavy atom. The van der Waals surface area contributed by atoms with Crippen LogP contribution in [0.1, 0.15) is 38.3 Å². The molecule has 2 aromatic carbocycles. The maximum atomic E-state index is 13.2. The van der Waals surface area contributed by atoms with E-state index in [1.54, 1.807) is 31.5 Å². The number of aromatic nitrogens is 3. The number of rotatable bonds is 4.